The summed E-state index contributed by atoms with van der Waals surface area (Å²) in [5, 5.41) is 0. The largest absolute Gasteiger partial charge is 0.463 e. The Balaban J connectivity index is 2.10. The molecule has 0 atom stereocenters. The van der Waals surface area contributed by atoms with Gasteiger partial charge in [-0.15, -0.1) is 0 Å². The lowest BCUT2D eigenvalue weighted by Crippen LogP contribution is -2.19. The van der Waals surface area contributed by atoms with E-state index in [9.17, 15) is 14.4 Å². The van der Waals surface area contributed by atoms with Crippen LogP contribution in [0.3, 0.4) is 0 Å². The molecule has 4 nitrogen and oxygen atoms in total. The molecule has 0 heterocycles. The van der Waals surface area contributed by atoms with E-state index in [1.165, 1.54) is 0 Å². The van der Waals surface area contributed by atoms with Crippen molar-refractivity contribution in [1.29, 1.82) is 0 Å². The van der Waals surface area contributed by atoms with E-state index in [1.807, 2.05) is 42.5 Å². The van der Waals surface area contributed by atoms with Gasteiger partial charge in [-0.1, -0.05) is 54.6 Å². The van der Waals surface area contributed by atoms with E-state index in [1.54, 1.807) is 12.1 Å². The average molecular weight is 282 g/mol. The maximum Gasteiger partial charge on any atom is 0.374 e. The Morgan fingerprint density at radius 2 is 1.43 bits per heavy atom. The number of hydrogen-bond acceptors (Lipinski definition) is 4. The van der Waals surface area contributed by atoms with Gasteiger partial charge in [0.1, 0.15) is 0 Å². The van der Waals surface area contributed by atoms with Gasteiger partial charge in [-0.25, -0.2) is 4.79 Å². The summed E-state index contributed by atoms with van der Waals surface area (Å²) in [5.74, 6) is -2.23. The standard InChI is InChI=1S/C17H14O4/c1-21-17(20)16(19)11-15(18)14-9-7-13(8-10-14)12-5-3-2-4-6-12/h2-10H,11H2,1H3. The fourth-order valence-electron chi connectivity index (χ4n) is 1.91. The highest BCUT2D eigenvalue weighted by Gasteiger charge is 2.19. The van der Waals surface area contributed by atoms with E-state index in [0.29, 0.717) is 5.56 Å². The molecule has 0 radical (unpaired) electrons. The molecule has 0 saturated carbocycles. The number of esters is 1. The van der Waals surface area contributed by atoms with Crippen LogP contribution < -0.4 is 0 Å². The molecule has 0 N–H and O–H groups in total. The summed E-state index contributed by atoms with van der Waals surface area (Å²) >= 11 is 0. The first-order valence-electron chi connectivity index (χ1n) is 6.41. The van der Waals surface area contributed by atoms with Crippen molar-refractivity contribution < 1.29 is 19.1 Å². The second kappa shape index (κ2) is 6.61. The summed E-state index contributed by atoms with van der Waals surface area (Å²) < 4.78 is 4.29. The molecule has 2 rings (SSSR count). The van der Waals surface area contributed by atoms with Gasteiger partial charge in [0.2, 0.25) is 5.78 Å². The quantitative estimate of drug-likeness (QED) is 0.366. The van der Waals surface area contributed by atoms with Gasteiger partial charge in [-0.3, -0.25) is 9.59 Å². The third-order valence-electron chi connectivity index (χ3n) is 3.05. The Morgan fingerprint density at radius 1 is 0.857 bits per heavy atom. The van der Waals surface area contributed by atoms with Gasteiger partial charge in [0.15, 0.2) is 5.78 Å². The number of ether oxygens (including phenoxy) is 1. The highest BCUT2D eigenvalue weighted by Crippen LogP contribution is 2.19. The van der Waals surface area contributed by atoms with Crippen molar-refractivity contribution in [2.45, 2.75) is 6.42 Å². The summed E-state index contributed by atoms with van der Waals surface area (Å²) in [6.07, 6.45) is -0.475. The molecule has 0 fully saturated rings. The maximum absolute atomic E-state index is 11.9. The smallest absolute Gasteiger partial charge is 0.374 e. The van der Waals surface area contributed by atoms with Gasteiger partial charge in [-0.05, 0) is 11.1 Å². The lowest BCUT2D eigenvalue weighted by molar-refractivity contribution is -0.151. The van der Waals surface area contributed by atoms with Gasteiger partial charge in [0.25, 0.3) is 0 Å². The topological polar surface area (TPSA) is 60.4 Å². The molecule has 2 aromatic carbocycles. The SMILES string of the molecule is COC(=O)C(=O)CC(=O)c1ccc(-c2ccccc2)cc1. The third kappa shape index (κ3) is 3.63. The number of benzene rings is 2. The molecular formula is C17H14O4. The highest BCUT2D eigenvalue weighted by molar-refractivity contribution is 6.38. The molecular weight excluding hydrogens is 268 g/mol. The number of methoxy groups -OCH3 is 1. The summed E-state index contributed by atoms with van der Waals surface area (Å²) in [6.45, 7) is 0. The molecule has 106 valence electrons. The predicted molar refractivity (Wildman–Crippen MR) is 77.8 cm³/mol. The molecule has 0 bridgehead atoms. The van der Waals surface area contributed by atoms with E-state index in [4.69, 9.17) is 0 Å². The van der Waals surface area contributed by atoms with E-state index in [0.717, 1.165) is 18.2 Å². The normalized spacial score (nSPS) is 9.95. The molecule has 0 aromatic heterocycles. The molecule has 4 heteroatoms. The zero-order valence-electron chi connectivity index (χ0n) is 11.5. The number of Topliss-reactive ketones (excluding diaryl/α,β-unsaturated/α-hetero) is 2. The highest BCUT2D eigenvalue weighted by atomic mass is 16.5. The molecule has 0 saturated heterocycles. The molecule has 0 unspecified atom stereocenters. The van der Waals surface area contributed by atoms with Crippen LogP contribution in [0.15, 0.2) is 54.6 Å². The molecule has 21 heavy (non-hydrogen) atoms. The van der Waals surface area contributed by atoms with Crippen LogP contribution in [0.25, 0.3) is 11.1 Å². The van der Waals surface area contributed by atoms with E-state index < -0.39 is 24.0 Å². The number of rotatable bonds is 5. The maximum atomic E-state index is 11.9. The number of carbonyl (C=O) groups is 3. The van der Waals surface area contributed by atoms with Crippen LogP contribution >= 0.6 is 0 Å². The minimum Gasteiger partial charge on any atom is -0.463 e. The second-order valence-electron chi connectivity index (χ2n) is 4.46. The van der Waals surface area contributed by atoms with E-state index in [-0.39, 0.29) is 0 Å². The second-order valence-corrected chi connectivity index (χ2v) is 4.46. The Hall–Kier alpha value is -2.75. The minimum absolute atomic E-state index is 0.395. The van der Waals surface area contributed by atoms with Crippen molar-refractivity contribution >= 4 is 17.5 Å². The van der Waals surface area contributed by atoms with Crippen LogP contribution in [-0.4, -0.2) is 24.6 Å². The van der Waals surface area contributed by atoms with Gasteiger partial charge in [0, 0.05) is 5.56 Å². The summed E-state index contributed by atoms with van der Waals surface area (Å²) in [5.41, 5.74) is 2.42. The zero-order valence-corrected chi connectivity index (χ0v) is 11.5. The molecule has 0 aliphatic rings. The van der Waals surface area contributed by atoms with E-state index >= 15 is 0 Å². The minimum atomic E-state index is -0.996. The number of carbonyl (C=O) groups excluding carboxylic acids is 3. The van der Waals surface area contributed by atoms with Crippen molar-refractivity contribution in [1.82, 2.24) is 0 Å². The molecule has 0 spiro atoms. The third-order valence-corrected chi connectivity index (χ3v) is 3.05. The van der Waals surface area contributed by atoms with Crippen LogP contribution in [0.1, 0.15) is 16.8 Å². The lowest BCUT2D eigenvalue weighted by atomic mass is 10.0. The Bertz CT molecular complexity index is 657. The van der Waals surface area contributed by atoms with Crippen LogP contribution in [-0.2, 0) is 14.3 Å². The fraction of sp³-hybridized carbons (Fsp3) is 0.118. The Kier molecular flexibility index (Phi) is 4.61. The van der Waals surface area contributed by atoms with Crippen molar-refractivity contribution in [3.63, 3.8) is 0 Å². The zero-order chi connectivity index (χ0) is 15.2. The van der Waals surface area contributed by atoms with Crippen LogP contribution in [0.5, 0.6) is 0 Å². The summed E-state index contributed by atoms with van der Waals surface area (Å²) in [6, 6.07) is 16.7. The monoisotopic (exact) mass is 282 g/mol. The van der Waals surface area contributed by atoms with Gasteiger partial charge in [0.05, 0.1) is 13.5 Å². The van der Waals surface area contributed by atoms with Crippen molar-refractivity contribution in [2.75, 3.05) is 7.11 Å². The molecule has 0 aliphatic heterocycles. The van der Waals surface area contributed by atoms with E-state index in [2.05, 4.69) is 4.74 Å². The molecule has 0 amide bonds. The first-order chi connectivity index (χ1) is 10.1. The average Bonchev–Trinajstić information content (AvgIpc) is 2.55. The number of hydrogen-bond donors (Lipinski definition) is 0. The first-order valence-corrected chi connectivity index (χ1v) is 6.41. The van der Waals surface area contributed by atoms with Crippen LogP contribution in [0, 0.1) is 0 Å². The van der Waals surface area contributed by atoms with Gasteiger partial charge in [-0.2, -0.15) is 0 Å². The van der Waals surface area contributed by atoms with Crippen molar-refractivity contribution in [3.05, 3.63) is 60.2 Å². The van der Waals surface area contributed by atoms with Crippen LogP contribution in [0.2, 0.25) is 0 Å². The van der Waals surface area contributed by atoms with Crippen molar-refractivity contribution in [2.24, 2.45) is 0 Å². The van der Waals surface area contributed by atoms with Gasteiger partial charge < -0.3 is 4.74 Å². The first kappa shape index (κ1) is 14.7. The van der Waals surface area contributed by atoms with Gasteiger partial charge >= 0.3 is 5.97 Å². The molecule has 2 aromatic rings. The Labute approximate surface area is 122 Å². The molecule has 0 aliphatic carbocycles. The number of ketones is 2. The van der Waals surface area contributed by atoms with Crippen molar-refractivity contribution in [3.8, 4) is 11.1 Å². The lowest BCUT2D eigenvalue weighted by Gasteiger charge is -2.03. The summed E-state index contributed by atoms with van der Waals surface area (Å²) in [4.78, 5) is 34.2. The van der Waals surface area contributed by atoms with Crippen LogP contribution in [0.4, 0.5) is 0 Å². The summed E-state index contributed by atoms with van der Waals surface area (Å²) in [7, 11) is 1.11. The fourth-order valence-corrected chi connectivity index (χ4v) is 1.91. The Morgan fingerprint density at radius 3 is 2.00 bits per heavy atom. The predicted octanol–water partition coefficient (Wildman–Crippen LogP) is 2.67.